The number of nitrogens with one attached hydrogen (secondary N) is 2. The van der Waals surface area contributed by atoms with Crippen LogP contribution in [0.25, 0.3) is 5.69 Å². The molecule has 2 N–H and O–H groups in total. The first-order valence-corrected chi connectivity index (χ1v) is 9.39. The number of benzene rings is 1. The number of rotatable bonds is 6. The minimum absolute atomic E-state index is 0.0818. The highest BCUT2D eigenvalue weighted by molar-refractivity contribution is 5.97. The van der Waals surface area contributed by atoms with Crippen molar-refractivity contribution in [2.24, 2.45) is 0 Å². The molecule has 0 bridgehead atoms. The molecule has 1 aliphatic rings. The lowest BCUT2D eigenvalue weighted by Gasteiger charge is -2.32. The largest absolute Gasteiger partial charge is 0.351 e. The number of hydrogen-bond acceptors (Lipinski definition) is 4. The molecule has 1 fully saturated rings. The van der Waals surface area contributed by atoms with Gasteiger partial charge in [0.1, 0.15) is 0 Å². The molecule has 0 spiro atoms. The van der Waals surface area contributed by atoms with E-state index in [1.807, 2.05) is 35.0 Å². The quantitative estimate of drug-likeness (QED) is 0.813. The van der Waals surface area contributed by atoms with Crippen LogP contribution in [0.1, 0.15) is 42.2 Å². The summed E-state index contributed by atoms with van der Waals surface area (Å²) in [6, 6.07) is 7.87. The lowest BCUT2D eigenvalue weighted by Crippen LogP contribution is -2.44. The summed E-state index contributed by atoms with van der Waals surface area (Å²) in [5.41, 5.74) is 2.12. The van der Waals surface area contributed by atoms with Gasteiger partial charge < -0.3 is 20.1 Å². The normalized spacial score (nSPS) is 17.5. The van der Waals surface area contributed by atoms with Crippen LogP contribution < -0.4 is 10.6 Å². The van der Waals surface area contributed by atoms with Gasteiger partial charge >= 0.3 is 0 Å². The van der Waals surface area contributed by atoms with Crippen molar-refractivity contribution in [2.45, 2.75) is 38.8 Å². The Kier molecular flexibility index (Phi) is 6.24. The maximum absolute atomic E-state index is 12.8. The fraction of sp³-hybridized carbons (Fsp3) is 0.450. The molecule has 2 amide bonds. The van der Waals surface area contributed by atoms with E-state index in [0.717, 1.165) is 24.3 Å². The van der Waals surface area contributed by atoms with E-state index in [-0.39, 0.29) is 11.8 Å². The van der Waals surface area contributed by atoms with Crippen LogP contribution in [0.15, 0.2) is 36.8 Å². The maximum atomic E-state index is 12.8. The van der Waals surface area contributed by atoms with Crippen LogP contribution in [0.5, 0.6) is 0 Å². The molecule has 0 radical (unpaired) electrons. The van der Waals surface area contributed by atoms with Gasteiger partial charge in [0.05, 0.1) is 29.8 Å². The molecule has 1 saturated heterocycles. The van der Waals surface area contributed by atoms with Crippen LogP contribution in [-0.4, -0.2) is 52.4 Å². The number of amides is 2. The van der Waals surface area contributed by atoms with E-state index in [0.29, 0.717) is 24.7 Å². The lowest BCUT2D eigenvalue weighted by molar-refractivity contribution is -0.119. The molecule has 2 heterocycles. The summed E-state index contributed by atoms with van der Waals surface area (Å²) in [6.45, 7) is 3.58. The van der Waals surface area contributed by atoms with Crippen molar-refractivity contribution in [2.75, 3.05) is 20.1 Å². The Morgan fingerprint density at radius 3 is 2.81 bits per heavy atom. The molecular formula is C20H27N5O2. The standard InChI is InChI=1S/C20H27N5O2/c1-15(26)21-11-16-13-25(14-23-16)19-9-4-3-8-18(19)20(27)22-12-17-7-5-6-10-24(17)2/h3-4,8-9,13-14,17H,5-7,10-12H2,1-2H3,(H,21,26)(H,22,27)/t17-/m0/s1. The smallest absolute Gasteiger partial charge is 0.253 e. The molecule has 0 aliphatic carbocycles. The van der Waals surface area contributed by atoms with Gasteiger partial charge in [0, 0.05) is 25.7 Å². The molecule has 1 aromatic carbocycles. The monoisotopic (exact) mass is 369 g/mol. The third-order valence-electron chi connectivity index (χ3n) is 5.00. The van der Waals surface area contributed by atoms with Crippen LogP contribution in [0.3, 0.4) is 0 Å². The Hall–Kier alpha value is -2.67. The minimum Gasteiger partial charge on any atom is -0.351 e. The van der Waals surface area contributed by atoms with Gasteiger partial charge in [-0.2, -0.15) is 0 Å². The average Bonchev–Trinajstić information content (AvgIpc) is 3.14. The number of likely N-dealkylation sites (tertiary alicyclic amines) is 1. The Bertz CT molecular complexity index is 801. The van der Waals surface area contributed by atoms with Crippen LogP contribution in [-0.2, 0) is 11.3 Å². The van der Waals surface area contributed by atoms with E-state index < -0.39 is 0 Å². The van der Waals surface area contributed by atoms with Crippen molar-refractivity contribution < 1.29 is 9.59 Å². The Labute approximate surface area is 159 Å². The predicted molar refractivity (Wildman–Crippen MR) is 104 cm³/mol. The average molecular weight is 369 g/mol. The molecular weight excluding hydrogens is 342 g/mol. The van der Waals surface area contributed by atoms with Gasteiger partial charge in [-0.15, -0.1) is 0 Å². The summed E-state index contributed by atoms with van der Waals surface area (Å²) in [6.07, 6.45) is 7.06. The van der Waals surface area contributed by atoms with E-state index in [2.05, 4.69) is 27.6 Å². The molecule has 144 valence electrons. The van der Waals surface area contributed by atoms with Gasteiger partial charge in [0.15, 0.2) is 0 Å². The van der Waals surface area contributed by atoms with Gasteiger partial charge in [0.2, 0.25) is 5.91 Å². The van der Waals surface area contributed by atoms with Gasteiger partial charge in [-0.05, 0) is 38.6 Å². The third-order valence-corrected chi connectivity index (χ3v) is 5.00. The van der Waals surface area contributed by atoms with Crippen molar-refractivity contribution in [3.8, 4) is 5.69 Å². The zero-order valence-electron chi connectivity index (χ0n) is 15.9. The zero-order chi connectivity index (χ0) is 19.2. The van der Waals surface area contributed by atoms with Crippen LogP contribution >= 0.6 is 0 Å². The topological polar surface area (TPSA) is 79.3 Å². The van der Waals surface area contributed by atoms with Crippen molar-refractivity contribution in [1.82, 2.24) is 25.1 Å². The molecule has 27 heavy (non-hydrogen) atoms. The van der Waals surface area contributed by atoms with E-state index in [9.17, 15) is 9.59 Å². The molecule has 3 rings (SSSR count). The summed E-state index contributed by atoms with van der Waals surface area (Å²) in [4.78, 5) is 30.5. The third kappa shape index (κ3) is 4.95. The van der Waals surface area contributed by atoms with Gasteiger partial charge in [-0.25, -0.2) is 4.98 Å². The van der Waals surface area contributed by atoms with Crippen molar-refractivity contribution in [3.63, 3.8) is 0 Å². The number of nitrogens with zero attached hydrogens (tertiary/aromatic N) is 3. The van der Waals surface area contributed by atoms with E-state index in [1.165, 1.54) is 19.8 Å². The Morgan fingerprint density at radius 1 is 1.22 bits per heavy atom. The second-order valence-electron chi connectivity index (χ2n) is 7.04. The summed E-state index contributed by atoms with van der Waals surface area (Å²) >= 11 is 0. The highest BCUT2D eigenvalue weighted by Gasteiger charge is 2.20. The fourth-order valence-corrected chi connectivity index (χ4v) is 3.40. The van der Waals surface area contributed by atoms with Crippen LogP contribution in [0.2, 0.25) is 0 Å². The Morgan fingerprint density at radius 2 is 2.04 bits per heavy atom. The van der Waals surface area contributed by atoms with Crippen LogP contribution in [0, 0.1) is 0 Å². The van der Waals surface area contributed by atoms with E-state index in [4.69, 9.17) is 0 Å². The van der Waals surface area contributed by atoms with Gasteiger partial charge in [-0.1, -0.05) is 18.6 Å². The maximum Gasteiger partial charge on any atom is 0.253 e. The van der Waals surface area contributed by atoms with Crippen molar-refractivity contribution in [1.29, 1.82) is 0 Å². The summed E-state index contributed by atoms with van der Waals surface area (Å²) in [7, 11) is 2.12. The number of carbonyl (C=O) groups excluding carboxylic acids is 2. The number of aromatic nitrogens is 2. The first kappa shape index (κ1) is 19.1. The molecule has 1 aliphatic heterocycles. The number of hydrogen-bond donors (Lipinski definition) is 2. The number of carbonyl (C=O) groups is 2. The predicted octanol–water partition coefficient (Wildman–Crippen LogP) is 1.72. The SMILES string of the molecule is CC(=O)NCc1cn(-c2ccccc2C(=O)NC[C@@H]2CCCCN2C)cn1. The molecule has 7 nitrogen and oxygen atoms in total. The van der Waals surface area contributed by atoms with Crippen molar-refractivity contribution >= 4 is 11.8 Å². The second-order valence-corrected chi connectivity index (χ2v) is 7.04. The molecule has 0 unspecified atom stereocenters. The zero-order valence-corrected chi connectivity index (χ0v) is 15.9. The molecule has 0 saturated carbocycles. The lowest BCUT2D eigenvalue weighted by atomic mass is 10.0. The van der Waals surface area contributed by atoms with Gasteiger partial charge in [0.25, 0.3) is 5.91 Å². The number of piperidine rings is 1. The molecule has 1 aromatic heterocycles. The fourth-order valence-electron chi connectivity index (χ4n) is 3.40. The molecule has 1 atom stereocenters. The molecule has 2 aromatic rings. The summed E-state index contributed by atoms with van der Waals surface area (Å²) in [5.74, 6) is -0.182. The first-order valence-electron chi connectivity index (χ1n) is 9.39. The number of imidazole rings is 1. The highest BCUT2D eigenvalue weighted by atomic mass is 16.2. The first-order chi connectivity index (χ1) is 13.0. The number of likely N-dealkylation sites (N-methyl/N-ethyl adjacent to an activating group) is 1. The Balaban J connectivity index is 1.69. The second kappa shape index (κ2) is 8.81. The molecule has 7 heteroatoms. The number of para-hydroxylation sites is 1. The van der Waals surface area contributed by atoms with E-state index >= 15 is 0 Å². The van der Waals surface area contributed by atoms with Crippen molar-refractivity contribution in [3.05, 3.63) is 48.0 Å². The summed E-state index contributed by atoms with van der Waals surface area (Å²) in [5, 5.41) is 5.81. The summed E-state index contributed by atoms with van der Waals surface area (Å²) < 4.78 is 1.82. The van der Waals surface area contributed by atoms with Gasteiger partial charge in [-0.3, -0.25) is 9.59 Å². The van der Waals surface area contributed by atoms with E-state index in [1.54, 1.807) is 6.33 Å². The minimum atomic E-state index is -0.1000. The van der Waals surface area contributed by atoms with Crippen LogP contribution in [0.4, 0.5) is 0 Å². The highest BCUT2D eigenvalue weighted by Crippen LogP contribution is 2.17.